The molecule has 0 radical (unpaired) electrons. The number of halogens is 3. The summed E-state index contributed by atoms with van der Waals surface area (Å²) in [5.74, 6) is -1.83. The van der Waals surface area contributed by atoms with Crippen molar-refractivity contribution in [1.82, 2.24) is 0 Å². The Labute approximate surface area is 110 Å². The third-order valence-corrected chi connectivity index (χ3v) is 5.40. The van der Waals surface area contributed by atoms with Crippen LogP contribution in [0.3, 0.4) is 0 Å². The van der Waals surface area contributed by atoms with E-state index >= 15 is 0 Å². The molecule has 1 aliphatic carbocycles. The fourth-order valence-corrected chi connectivity index (χ4v) is 3.59. The van der Waals surface area contributed by atoms with Gasteiger partial charge in [-0.3, -0.25) is 9.59 Å². The van der Waals surface area contributed by atoms with Crippen molar-refractivity contribution >= 4 is 69.5 Å². The van der Waals surface area contributed by atoms with Gasteiger partial charge in [0.15, 0.2) is 0 Å². The number of Topliss-reactive ketones (excluding diaryl/α,β-unsaturated/α-hetero) is 2. The number of hydrogen-bond donors (Lipinski definition) is 0. The summed E-state index contributed by atoms with van der Waals surface area (Å²) in [6.45, 7) is 0. The molecule has 82 valence electrons. The van der Waals surface area contributed by atoms with Crippen molar-refractivity contribution in [3.05, 3.63) is 18.4 Å². The van der Waals surface area contributed by atoms with Crippen LogP contribution >= 0.6 is 47.8 Å². The Hall–Kier alpha value is 0.170. The Balaban J connectivity index is 3.57. The Morgan fingerprint density at radius 1 is 0.867 bits per heavy atom. The van der Waals surface area contributed by atoms with Gasteiger partial charge in [-0.1, -0.05) is 0 Å². The Morgan fingerprint density at radius 3 is 1.67 bits per heavy atom. The summed E-state index contributed by atoms with van der Waals surface area (Å²) in [4.78, 5) is 21.6. The van der Waals surface area contributed by atoms with E-state index in [9.17, 15) is 22.6 Å². The van der Waals surface area contributed by atoms with Crippen molar-refractivity contribution < 1.29 is 22.6 Å². The lowest BCUT2D eigenvalue weighted by molar-refractivity contribution is -0.114. The van der Waals surface area contributed by atoms with E-state index in [0.717, 1.165) is 0 Å². The first-order valence-electron chi connectivity index (χ1n) is 3.18. The molecule has 0 aromatic carbocycles. The first-order valence-corrected chi connectivity index (χ1v) is 6.97. The van der Waals surface area contributed by atoms with Gasteiger partial charge >= 0.3 is 0 Å². The standard InChI is InChI=1S/C6HBr3O5S/c7-1-2(8)5(11)6(15(12,13)14)3(9)4(1)10/h(H,12,13,14)/p-1. The Kier molecular flexibility index (Phi) is 3.71. The second-order valence-corrected chi connectivity index (χ2v) is 6.08. The van der Waals surface area contributed by atoms with Crippen LogP contribution in [0.25, 0.3) is 0 Å². The molecule has 9 heteroatoms. The highest BCUT2D eigenvalue weighted by Gasteiger charge is 2.34. The van der Waals surface area contributed by atoms with Crippen molar-refractivity contribution in [2.75, 3.05) is 0 Å². The first kappa shape index (κ1) is 13.2. The third kappa shape index (κ3) is 2.31. The molecule has 0 unspecified atom stereocenters. The van der Waals surface area contributed by atoms with Crippen molar-refractivity contribution in [2.24, 2.45) is 0 Å². The SMILES string of the molecule is O=C1C(Br)=C(Br)C(=O)C(S(=O)(=O)[O-])=C1Br. The van der Waals surface area contributed by atoms with Crippen LogP contribution in [0.4, 0.5) is 0 Å². The van der Waals surface area contributed by atoms with Gasteiger partial charge in [-0.05, 0) is 47.8 Å². The van der Waals surface area contributed by atoms with Crippen molar-refractivity contribution in [2.45, 2.75) is 0 Å². The topological polar surface area (TPSA) is 91.3 Å². The average Bonchev–Trinajstić information content (AvgIpc) is 2.09. The van der Waals surface area contributed by atoms with Crippen LogP contribution in [0.1, 0.15) is 0 Å². The monoisotopic (exact) mass is 421 g/mol. The number of ketones is 2. The van der Waals surface area contributed by atoms with Crippen LogP contribution in [0.15, 0.2) is 18.4 Å². The van der Waals surface area contributed by atoms with E-state index in [-0.39, 0.29) is 8.96 Å². The van der Waals surface area contributed by atoms with E-state index in [1.54, 1.807) is 0 Å². The molecule has 0 spiro atoms. The third-order valence-electron chi connectivity index (χ3n) is 1.45. The second-order valence-electron chi connectivity index (χ2n) is 2.38. The molecule has 0 aromatic heterocycles. The van der Waals surface area contributed by atoms with Crippen LogP contribution in [0.2, 0.25) is 0 Å². The van der Waals surface area contributed by atoms with Gasteiger partial charge < -0.3 is 4.55 Å². The minimum atomic E-state index is -4.99. The highest BCUT2D eigenvalue weighted by atomic mass is 79.9. The number of allylic oxidation sites excluding steroid dienone is 4. The minimum Gasteiger partial charge on any atom is -0.744 e. The Bertz CT molecular complexity index is 527. The summed E-state index contributed by atoms with van der Waals surface area (Å²) in [5.41, 5.74) is 0. The van der Waals surface area contributed by atoms with Gasteiger partial charge in [0.1, 0.15) is 15.0 Å². The van der Waals surface area contributed by atoms with E-state index in [1.165, 1.54) is 0 Å². The van der Waals surface area contributed by atoms with E-state index in [0.29, 0.717) is 0 Å². The molecule has 0 bridgehead atoms. The molecular weight excluding hydrogens is 424 g/mol. The molecule has 0 atom stereocenters. The lowest BCUT2D eigenvalue weighted by Crippen LogP contribution is -2.22. The zero-order valence-electron chi connectivity index (χ0n) is 6.58. The van der Waals surface area contributed by atoms with Gasteiger partial charge in [0, 0.05) is 0 Å². The minimum absolute atomic E-state index is 0.133. The smallest absolute Gasteiger partial charge is 0.212 e. The zero-order chi connectivity index (χ0) is 12.0. The number of carbonyl (C=O) groups is 2. The fraction of sp³-hybridized carbons (Fsp3) is 0. The van der Waals surface area contributed by atoms with Gasteiger partial charge in [-0.25, -0.2) is 8.42 Å². The molecule has 15 heavy (non-hydrogen) atoms. The van der Waals surface area contributed by atoms with Gasteiger partial charge in [0.25, 0.3) is 0 Å². The highest BCUT2D eigenvalue weighted by Crippen LogP contribution is 2.35. The van der Waals surface area contributed by atoms with Gasteiger partial charge in [-0.15, -0.1) is 0 Å². The molecule has 0 aliphatic heterocycles. The van der Waals surface area contributed by atoms with Crippen molar-refractivity contribution in [3.63, 3.8) is 0 Å². The summed E-state index contributed by atoms with van der Waals surface area (Å²) in [7, 11) is -4.99. The van der Waals surface area contributed by atoms with Crippen LogP contribution < -0.4 is 0 Å². The summed E-state index contributed by atoms with van der Waals surface area (Å²) in [6.07, 6.45) is 0. The molecule has 0 N–H and O–H groups in total. The predicted molar refractivity (Wildman–Crippen MR) is 60.5 cm³/mol. The maximum atomic E-state index is 11.4. The summed E-state index contributed by atoms with van der Waals surface area (Å²) in [6, 6.07) is 0. The molecule has 0 aromatic rings. The maximum Gasteiger partial charge on any atom is 0.212 e. The van der Waals surface area contributed by atoms with E-state index < -0.39 is 31.1 Å². The normalized spacial score (nSPS) is 18.9. The average molecular weight is 424 g/mol. The molecule has 1 rings (SSSR count). The quantitative estimate of drug-likeness (QED) is 0.468. The molecule has 5 nitrogen and oxygen atoms in total. The molecular formula is C6Br3O5S-. The van der Waals surface area contributed by atoms with Crippen LogP contribution in [-0.2, 0) is 19.7 Å². The summed E-state index contributed by atoms with van der Waals surface area (Å²) < 4.78 is 31.2. The first-order chi connectivity index (χ1) is 6.68. The van der Waals surface area contributed by atoms with E-state index in [2.05, 4.69) is 47.8 Å². The molecule has 0 saturated carbocycles. The molecule has 0 fully saturated rings. The fourth-order valence-electron chi connectivity index (χ4n) is 0.821. The van der Waals surface area contributed by atoms with Gasteiger partial charge in [0.05, 0.1) is 13.4 Å². The van der Waals surface area contributed by atoms with Gasteiger partial charge in [-0.2, -0.15) is 0 Å². The van der Waals surface area contributed by atoms with Crippen molar-refractivity contribution in [3.8, 4) is 0 Å². The van der Waals surface area contributed by atoms with Crippen LogP contribution in [0.5, 0.6) is 0 Å². The molecule has 0 heterocycles. The lowest BCUT2D eigenvalue weighted by Gasteiger charge is -2.17. The summed E-state index contributed by atoms with van der Waals surface area (Å²) >= 11 is 8.13. The molecule has 0 amide bonds. The predicted octanol–water partition coefficient (Wildman–Crippen LogP) is 1.29. The summed E-state index contributed by atoms with van der Waals surface area (Å²) in [5, 5.41) is 0. The van der Waals surface area contributed by atoms with Gasteiger partial charge in [0.2, 0.25) is 11.6 Å². The van der Waals surface area contributed by atoms with E-state index in [4.69, 9.17) is 0 Å². The second kappa shape index (κ2) is 4.21. The Morgan fingerprint density at radius 2 is 1.27 bits per heavy atom. The lowest BCUT2D eigenvalue weighted by atomic mass is 10.2. The highest BCUT2D eigenvalue weighted by molar-refractivity contribution is 9.15. The van der Waals surface area contributed by atoms with Crippen molar-refractivity contribution in [1.29, 1.82) is 0 Å². The maximum absolute atomic E-state index is 11.4. The van der Waals surface area contributed by atoms with E-state index in [1.807, 2.05) is 0 Å². The molecule has 1 aliphatic rings. The number of carbonyl (C=O) groups excluding carboxylic acids is 2. The van der Waals surface area contributed by atoms with Crippen LogP contribution in [0, 0.1) is 0 Å². The largest absolute Gasteiger partial charge is 0.744 e. The van der Waals surface area contributed by atoms with Crippen LogP contribution in [-0.4, -0.2) is 24.5 Å². The molecule has 0 saturated heterocycles. The number of hydrogen-bond acceptors (Lipinski definition) is 5. The number of rotatable bonds is 1. The zero-order valence-corrected chi connectivity index (χ0v) is 12.2.